The maximum Gasteiger partial charge on any atom is 0.262 e. The van der Waals surface area contributed by atoms with Crippen molar-refractivity contribution >= 4 is 23.2 Å². The first kappa shape index (κ1) is 14.8. The Morgan fingerprint density at radius 3 is 2.78 bits per heavy atom. The zero-order valence-corrected chi connectivity index (χ0v) is 11.5. The second kappa shape index (κ2) is 5.56. The molecule has 0 fully saturated rings. The predicted octanol–water partition coefficient (Wildman–Crippen LogP) is 2.25. The molecule has 0 aromatic heterocycles. The van der Waals surface area contributed by atoms with Crippen LogP contribution in [0.5, 0.6) is 11.5 Å². The molecule has 0 bridgehead atoms. The molecular weight excluding hydrogens is 310 g/mol. The number of carbonyl (C=O) groups excluding carboxylic acids is 2. The van der Waals surface area contributed by atoms with Crippen molar-refractivity contribution in [2.45, 2.75) is 0 Å². The number of amides is 2. The summed E-state index contributed by atoms with van der Waals surface area (Å²) in [5, 5.41) is 14.4. The zero-order chi connectivity index (χ0) is 16.6. The van der Waals surface area contributed by atoms with Gasteiger partial charge in [0.2, 0.25) is 0 Å². The van der Waals surface area contributed by atoms with Gasteiger partial charge >= 0.3 is 0 Å². The van der Waals surface area contributed by atoms with Crippen LogP contribution in [0.3, 0.4) is 0 Å². The third kappa shape index (κ3) is 2.91. The summed E-state index contributed by atoms with van der Waals surface area (Å²) >= 11 is 0. The van der Waals surface area contributed by atoms with Gasteiger partial charge in [-0.3, -0.25) is 9.59 Å². The normalized spacial score (nSPS) is 12.9. The summed E-state index contributed by atoms with van der Waals surface area (Å²) in [6.45, 7) is -0.104. The van der Waals surface area contributed by atoms with Crippen LogP contribution in [0.25, 0.3) is 0 Å². The van der Waals surface area contributed by atoms with Crippen LogP contribution < -0.4 is 15.4 Å². The molecule has 0 unspecified atom stereocenters. The highest BCUT2D eigenvalue weighted by Crippen LogP contribution is 2.31. The van der Waals surface area contributed by atoms with Gasteiger partial charge in [0.05, 0.1) is 5.69 Å². The monoisotopic (exact) mass is 320 g/mol. The average molecular weight is 320 g/mol. The minimum absolute atomic E-state index is 0.104. The van der Waals surface area contributed by atoms with Gasteiger partial charge in [-0.05, 0) is 18.2 Å². The summed E-state index contributed by atoms with van der Waals surface area (Å²) < 4.78 is 31.8. The lowest BCUT2D eigenvalue weighted by Crippen LogP contribution is -2.25. The van der Waals surface area contributed by atoms with Gasteiger partial charge in [-0.2, -0.15) is 0 Å². The molecule has 0 saturated heterocycles. The van der Waals surface area contributed by atoms with Crippen molar-refractivity contribution in [1.82, 2.24) is 0 Å². The van der Waals surface area contributed by atoms with Gasteiger partial charge in [-0.25, -0.2) is 8.78 Å². The SMILES string of the molecule is O=C1COc2ccc(NC(=O)c3c(O)cc(F)cc3F)cc2N1. The number of rotatable bonds is 2. The van der Waals surface area contributed by atoms with Gasteiger partial charge in [-0.15, -0.1) is 0 Å². The van der Waals surface area contributed by atoms with Gasteiger partial charge in [0.15, 0.2) is 6.61 Å². The van der Waals surface area contributed by atoms with E-state index in [2.05, 4.69) is 10.6 Å². The standard InChI is InChI=1S/C15H10F2N2O4/c16-7-3-9(17)14(11(20)4-7)15(22)18-8-1-2-12-10(5-8)19-13(21)6-23-12/h1-5,20H,6H2,(H,18,22)(H,19,21). The molecule has 1 aliphatic rings. The summed E-state index contributed by atoms with van der Waals surface area (Å²) in [5.41, 5.74) is -0.0880. The van der Waals surface area contributed by atoms with Gasteiger partial charge in [0.25, 0.3) is 11.8 Å². The summed E-state index contributed by atoms with van der Waals surface area (Å²) in [6.07, 6.45) is 0. The Morgan fingerprint density at radius 2 is 2.04 bits per heavy atom. The fourth-order valence-corrected chi connectivity index (χ4v) is 2.14. The van der Waals surface area contributed by atoms with E-state index in [0.29, 0.717) is 23.6 Å². The number of benzene rings is 2. The molecule has 1 aliphatic heterocycles. The molecule has 23 heavy (non-hydrogen) atoms. The van der Waals surface area contributed by atoms with Crippen molar-refractivity contribution in [3.8, 4) is 11.5 Å². The minimum Gasteiger partial charge on any atom is -0.507 e. The maximum absolute atomic E-state index is 13.7. The van der Waals surface area contributed by atoms with E-state index in [-0.39, 0.29) is 18.2 Å². The number of aromatic hydroxyl groups is 1. The number of phenolic OH excluding ortho intramolecular Hbond substituents is 1. The fourth-order valence-electron chi connectivity index (χ4n) is 2.14. The third-order valence-electron chi connectivity index (χ3n) is 3.13. The van der Waals surface area contributed by atoms with E-state index in [1.807, 2.05) is 0 Å². The van der Waals surface area contributed by atoms with E-state index >= 15 is 0 Å². The molecule has 0 radical (unpaired) electrons. The quantitative estimate of drug-likeness (QED) is 0.792. The summed E-state index contributed by atoms with van der Waals surface area (Å²) in [6, 6.07) is 5.55. The zero-order valence-electron chi connectivity index (χ0n) is 11.5. The van der Waals surface area contributed by atoms with Crippen LogP contribution >= 0.6 is 0 Å². The maximum atomic E-state index is 13.7. The number of phenols is 1. The second-order valence-corrected chi connectivity index (χ2v) is 4.78. The average Bonchev–Trinajstić information content (AvgIpc) is 2.45. The largest absolute Gasteiger partial charge is 0.507 e. The van der Waals surface area contributed by atoms with Crippen molar-refractivity contribution < 1.29 is 28.2 Å². The molecule has 2 amide bonds. The molecule has 0 atom stereocenters. The Balaban J connectivity index is 1.87. The molecule has 3 rings (SSSR count). The predicted molar refractivity (Wildman–Crippen MR) is 76.5 cm³/mol. The van der Waals surface area contributed by atoms with Crippen LogP contribution in [-0.2, 0) is 4.79 Å². The number of ether oxygens (including phenoxy) is 1. The lowest BCUT2D eigenvalue weighted by atomic mass is 10.1. The number of fused-ring (bicyclic) bond motifs is 1. The van der Waals surface area contributed by atoms with Gasteiger partial charge < -0.3 is 20.5 Å². The molecule has 6 nitrogen and oxygen atoms in total. The number of hydrogen-bond donors (Lipinski definition) is 3. The first-order chi connectivity index (χ1) is 10.9. The molecule has 8 heteroatoms. The number of carbonyl (C=O) groups is 2. The second-order valence-electron chi connectivity index (χ2n) is 4.78. The van der Waals surface area contributed by atoms with E-state index < -0.39 is 28.9 Å². The van der Waals surface area contributed by atoms with Gasteiger partial charge in [-0.1, -0.05) is 0 Å². The van der Waals surface area contributed by atoms with Gasteiger partial charge in [0.1, 0.15) is 28.7 Å². The first-order valence-corrected chi connectivity index (χ1v) is 6.50. The molecule has 2 aromatic rings. The van der Waals surface area contributed by atoms with E-state index in [9.17, 15) is 23.5 Å². The minimum atomic E-state index is -1.19. The molecular formula is C15H10F2N2O4. The van der Waals surface area contributed by atoms with E-state index in [4.69, 9.17) is 4.74 Å². The van der Waals surface area contributed by atoms with Crippen molar-refractivity contribution in [2.24, 2.45) is 0 Å². The van der Waals surface area contributed by atoms with Crippen molar-refractivity contribution in [2.75, 3.05) is 17.2 Å². The third-order valence-corrected chi connectivity index (χ3v) is 3.13. The van der Waals surface area contributed by atoms with E-state index in [1.165, 1.54) is 18.2 Å². The molecule has 0 spiro atoms. The summed E-state index contributed by atoms with van der Waals surface area (Å²) in [7, 11) is 0. The fraction of sp³-hybridized carbons (Fsp3) is 0.0667. The topological polar surface area (TPSA) is 87.7 Å². The molecule has 3 N–H and O–H groups in total. The van der Waals surface area contributed by atoms with Crippen LogP contribution in [0, 0.1) is 11.6 Å². The Hall–Kier alpha value is -3.16. The summed E-state index contributed by atoms with van der Waals surface area (Å²) in [4.78, 5) is 23.3. The van der Waals surface area contributed by atoms with Crippen molar-refractivity contribution in [3.05, 3.63) is 47.5 Å². The van der Waals surface area contributed by atoms with Crippen LogP contribution in [-0.4, -0.2) is 23.5 Å². The highest BCUT2D eigenvalue weighted by atomic mass is 19.1. The highest BCUT2D eigenvalue weighted by molar-refractivity contribution is 6.07. The smallest absolute Gasteiger partial charge is 0.262 e. The Bertz CT molecular complexity index is 800. The number of anilines is 2. The Morgan fingerprint density at radius 1 is 1.26 bits per heavy atom. The molecule has 0 aliphatic carbocycles. The number of halogens is 2. The first-order valence-electron chi connectivity index (χ1n) is 6.50. The van der Waals surface area contributed by atoms with Crippen LogP contribution in [0.1, 0.15) is 10.4 Å². The number of nitrogens with one attached hydrogen (secondary N) is 2. The Labute approximate surface area is 128 Å². The van der Waals surface area contributed by atoms with Gasteiger partial charge in [0, 0.05) is 17.8 Å². The van der Waals surface area contributed by atoms with Crippen LogP contribution in [0.4, 0.5) is 20.2 Å². The van der Waals surface area contributed by atoms with Crippen LogP contribution in [0.2, 0.25) is 0 Å². The molecule has 2 aromatic carbocycles. The Kier molecular flexibility index (Phi) is 3.57. The number of hydrogen-bond acceptors (Lipinski definition) is 4. The lowest BCUT2D eigenvalue weighted by molar-refractivity contribution is -0.118. The molecule has 0 saturated carbocycles. The van der Waals surface area contributed by atoms with E-state index in [1.54, 1.807) is 0 Å². The molecule has 1 heterocycles. The summed E-state index contributed by atoms with van der Waals surface area (Å²) in [5.74, 6) is -3.86. The lowest BCUT2D eigenvalue weighted by Gasteiger charge is -2.18. The van der Waals surface area contributed by atoms with Crippen LogP contribution in [0.15, 0.2) is 30.3 Å². The molecule has 118 valence electrons. The van der Waals surface area contributed by atoms with E-state index in [0.717, 1.165) is 0 Å². The van der Waals surface area contributed by atoms with Crippen molar-refractivity contribution in [1.29, 1.82) is 0 Å². The van der Waals surface area contributed by atoms with Crippen molar-refractivity contribution in [3.63, 3.8) is 0 Å². The highest BCUT2D eigenvalue weighted by Gasteiger charge is 2.20.